The van der Waals surface area contributed by atoms with Crippen LogP contribution in [0.2, 0.25) is 0 Å². The SMILES string of the molecule is O=[N+]([O-])On1ccnc1. The largest absolute Gasteiger partial charge is 0.219 e. The first-order valence-electron chi connectivity index (χ1n) is 2.10. The van der Waals surface area contributed by atoms with Gasteiger partial charge in [0.25, 0.3) is 0 Å². The van der Waals surface area contributed by atoms with E-state index in [1.807, 2.05) is 0 Å². The summed E-state index contributed by atoms with van der Waals surface area (Å²) in [6.45, 7) is 0. The second-order valence-electron chi connectivity index (χ2n) is 1.23. The van der Waals surface area contributed by atoms with E-state index in [9.17, 15) is 10.1 Å². The third-order valence-electron chi connectivity index (χ3n) is 0.641. The Labute approximate surface area is 49.7 Å². The van der Waals surface area contributed by atoms with Gasteiger partial charge in [-0.3, -0.25) is 0 Å². The molecule has 0 amide bonds. The summed E-state index contributed by atoms with van der Waals surface area (Å²) in [6.07, 6.45) is 3.88. The zero-order valence-electron chi connectivity index (χ0n) is 4.30. The first-order chi connectivity index (χ1) is 4.29. The Bertz CT molecular complexity index is 194. The standard InChI is InChI=1S/C3H3N3O3/c7-6(8)9-5-2-1-4-3-5/h1-3H. The number of nitrogens with zero attached hydrogens (tertiary/aromatic N) is 3. The van der Waals surface area contributed by atoms with E-state index in [1.165, 1.54) is 18.7 Å². The van der Waals surface area contributed by atoms with Gasteiger partial charge in [-0.15, -0.1) is 0 Å². The van der Waals surface area contributed by atoms with Gasteiger partial charge in [0, 0.05) is 0 Å². The van der Waals surface area contributed by atoms with Crippen molar-refractivity contribution in [1.29, 1.82) is 0 Å². The van der Waals surface area contributed by atoms with Crippen LogP contribution in [-0.2, 0) is 0 Å². The highest BCUT2D eigenvalue weighted by molar-refractivity contribution is 4.68. The zero-order chi connectivity index (χ0) is 6.69. The molecule has 0 spiro atoms. The maximum atomic E-state index is 9.60. The smallest absolute Gasteiger partial charge is 0.212 e. The first kappa shape index (κ1) is 5.54. The van der Waals surface area contributed by atoms with Crippen LogP contribution in [-0.4, -0.2) is 14.8 Å². The van der Waals surface area contributed by atoms with Crippen molar-refractivity contribution in [2.24, 2.45) is 0 Å². The molecule has 9 heavy (non-hydrogen) atoms. The van der Waals surface area contributed by atoms with E-state index in [1.54, 1.807) is 0 Å². The van der Waals surface area contributed by atoms with Crippen molar-refractivity contribution in [2.75, 3.05) is 0 Å². The molecule has 6 nitrogen and oxygen atoms in total. The molecule has 0 N–H and O–H groups in total. The average molecular weight is 129 g/mol. The molecule has 0 atom stereocenters. The van der Waals surface area contributed by atoms with Gasteiger partial charge in [-0.05, 0) is 0 Å². The van der Waals surface area contributed by atoms with Crippen molar-refractivity contribution >= 4 is 0 Å². The number of hydrogen-bond donors (Lipinski definition) is 0. The number of rotatable bonds is 2. The third-order valence-corrected chi connectivity index (χ3v) is 0.641. The second kappa shape index (κ2) is 2.12. The molecule has 0 saturated carbocycles. The quantitative estimate of drug-likeness (QED) is 0.398. The van der Waals surface area contributed by atoms with Crippen LogP contribution < -0.4 is 4.94 Å². The lowest BCUT2D eigenvalue weighted by Crippen LogP contribution is -2.15. The molecule has 0 unspecified atom stereocenters. The predicted molar refractivity (Wildman–Crippen MR) is 25.8 cm³/mol. The normalized spacial score (nSPS) is 8.89. The fourth-order valence-corrected chi connectivity index (χ4v) is 0.372. The van der Waals surface area contributed by atoms with Gasteiger partial charge in [0.2, 0.25) is 6.33 Å². The first-order valence-corrected chi connectivity index (χ1v) is 2.10. The fraction of sp³-hybridized carbons (Fsp3) is 0. The monoisotopic (exact) mass is 129 g/mol. The summed E-state index contributed by atoms with van der Waals surface area (Å²) in [4.78, 5) is 17.0. The molecule has 0 aliphatic carbocycles. The van der Waals surface area contributed by atoms with E-state index in [4.69, 9.17) is 0 Å². The van der Waals surface area contributed by atoms with Crippen LogP contribution in [0.25, 0.3) is 0 Å². The molecule has 0 radical (unpaired) electrons. The zero-order valence-corrected chi connectivity index (χ0v) is 4.30. The molecule has 48 valence electrons. The van der Waals surface area contributed by atoms with Gasteiger partial charge in [-0.25, -0.2) is 15.1 Å². The van der Waals surface area contributed by atoms with E-state index >= 15 is 0 Å². The van der Waals surface area contributed by atoms with Gasteiger partial charge in [0.05, 0.1) is 6.20 Å². The van der Waals surface area contributed by atoms with E-state index < -0.39 is 5.09 Å². The molecule has 0 fully saturated rings. The lowest BCUT2D eigenvalue weighted by atomic mass is 11.0. The van der Waals surface area contributed by atoms with Gasteiger partial charge >= 0.3 is 0 Å². The van der Waals surface area contributed by atoms with Crippen LogP contribution in [0.1, 0.15) is 0 Å². The summed E-state index contributed by atoms with van der Waals surface area (Å²) in [5, 5.41) is 8.69. The minimum absolute atomic E-state index is 0.889. The molecular formula is C3H3N3O3. The molecule has 0 bridgehead atoms. The summed E-state index contributed by atoms with van der Waals surface area (Å²) < 4.78 is 0.889. The lowest BCUT2D eigenvalue weighted by molar-refractivity contribution is -0.749. The summed E-state index contributed by atoms with van der Waals surface area (Å²) in [5.41, 5.74) is 0. The van der Waals surface area contributed by atoms with Gasteiger partial charge in [-0.1, -0.05) is 4.73 Å². The van der Waals surface area contributed by atoms with Crippen molar-refractivity contribution in [2.45, 2.75) is 0 Å². The molecule has 1 aromatic heterocycles. The summed E-state index contributed by atoms with van der Waals surface area (Å²) in [6, 6.07) is 0. The van der Waals surface area contributed by atoms with Crippen LogP contribution in [0.4, 0.5) is 0 Å². The fourth-order valence-electron chi connectivity index (χ4n) is 0.372. The Kier molecular flexibility index (Phi) is 1.31. The number of hydrogen-bond acceptors (Lipinski definition) is 4. The summed E-state index contributed by atoms with van der Waals surface area (Å²) in [7, 11) is 0. The van der Waals surface area contributed by atoms with Crippen LogP contribution in [0.5, 0.6) is 0 Å². The highest BCUT2D eigenvalue weighted by Crippen LogP contribution is 1.78. The molecule has 1 aromatic rings. The molecular weight excluding hydrogens is 126 g/mol. The molecule has 1 heterocycles. The minimum Gasteiger partial charge on any atom is -0.219 e. The lowest BCUT2D eigenvalue weighted by Gasteiger charge is -1.92. The summed E-state index contributed by atoms with van der Waals surface area (Å²) in [5.74, 6) is 0. The van der Waals surface area contributed by atoms with Crippen LogP contribution in [0, 0.1) is 10.1 Å². The van der Waals surface area contributed by atoms with Crippen LogP contribution in [0.3, 0.4) is 0 Å². The van der Waals surface area contributed by atoms with Gasteiger partial charge in [0.1, 0.15) is 6.20 Å². The van der Waals surface area contributed by atoms with Crippen molar-refractivity contribution < 1.29 is 10.0 Å². The van der Waals surface area contributed by atoms with E-state index in [0.29, 0.717) is 0 Å². The Morgan fingerprint density at radius 1 is 1.78 bits per heavy atom. The van der Waals surface area contributed by atoms with Crippen LogP contribution in [0.15, 0.2) is 18.7 Å². The van der Waals surface area contributed by atoms with Gasteiger partial charge in [-0.2, -0.15) is 4.94 Å². The number of aromatic nitrogens is 2. The molecule has 0 aromatic carbocycles. The van der Waals surface area contributed by atoms with Crippen LogP contribution >= 0.6 is 0 Å². The Balaban J connectivity index is 2.58. The second-order valence-corrected chi connectivity index (χ2v) is 1.23. The summed E-state index contributed by atoms with van der Waals surface area (Å²) >= 11 is 0. The Morgan fingerprint density at radius 3 is 3.00 bits per heavy atom. The van der Waals surface area contributed by atoms with Crippen molar-refractivity contribution in [3.05, 3.63) is 28.8 Å². The third kappa shape index (κ3) is 1.41. The topological polar surface area (TPSA) is 70.2 Å². The average Bonchev–Trinajstić information content (AvgIpc) is 2.15. The highest BCUT2D eigenvalue weighted by Gasteiger charge is 1.92. The predicted octanol–water partition coefficient (Wildman–Crippen LogP) is -0.497. The Morgan fingerprint density at radius 2 is 2.56 bits per heavy atom. The maximum Gasteiger partial charge on any atom is 0.212 e. The van der Waals surface area contributed by atoms with E-state index in [0.717, 1.165) is 4.73 Å². The van der Waals surface area contributed by atoms with Gasteiger partial charge < -0.3 is 0 Å². The van der Waals surface area contributed by atoms with Gasteiger partial charge in [0.15, 0.2) is 5.09 Å². The van der Waals surface area contributed by atoms with Crippen molar-refractivity contribution in [3.8, 4) is 0 Å². The Hall–Kier alpha value is -1.59. The maximum absolute atomic E-state index is 9.60. The molecule has 0 saturated heterocycles. The van der Waals surface area contributed by atoms with E-state index in [2.05, 4.69) is 9.92 Å². The van der Waals surface area contributed by atoms with Crippen molar-refractivity contribution in [3.63, 3.8) is 0 Å². The van der Waals surface area contributed by atoms with Crippen molar-refractivity contribution in [1.82, 2.24) is 9.71 Å². The minimum atomic E-state index is -0.915. The molecule has 0 aliphatic rings. The number of imidazole rings is 1. The molecule has 1 rings (SSSR count). The van der Waals surface area contributed by atoms with E-state index in [-0.39, 0.29) is 0 Å². The highest BCUT2D eigenvalue weighted by atomic mass is 17.0. The molecule has 6 heteroatoms. The molecule has 0 aliphatic heterocycles.